The van der Waals surface area contributed by atoms with Gasteiger partial charge in [0.05, 0.1) is 114 Å². The highest BCUT2D eigenvalue weighted by Crippen LogP contribution is 2.26. The molecule has 484 valence electrons. The predicted molar refractivity (Wildman–Crippen MR) is 275 cm³/mol. The second-order valence-corrected chi connectivity index (χ2v) is 19.3. The molecule has 4 aliphatic heterocycles. The number of hydrogen-bond donors (Lipinski definition) is 26. The summed E-state index contributed by atoms with van der Waals surface area (Å²) in [6.07, 6.45) is -27.3. The number of hydrogen-bond acceptors (Lipinski definition) is 34. The zero-order valence-corrected chi connectivity index (χ0v) is 44.7. The van der Waals surface area contributed by atoms with Gasteiger partial charge in [0.15, 0.2) is 25.2 Å². The standard InChI is InChI=1S/2C12H23NO7.2C11H23NO8.CH4/c2*1-2-3-7(15)6(13)5-19-12-11(18)10(17)9(16)8(4-14)20-12;2*1-4(14)7(15)5(12)3-19-11-10(18)9(17)8(16)6(2-13)20-11;/h2*2-3,6-12,14-18H,4-5,13H2,1H3;2*4-11,13-18H,2-3,12H2,1H3;1H4/b2*3-2+;;;/t2*6-,7+,8?,9?,10?,11?,12?;2*4-,5+,6?,7-,8?,9?,10?,11?;/m0011./s1. The molecule has 34 heteroatoms. The molecule has 0 aromatic carbocycles. The largest absolute Gasteiger partial charge is 0.394 e. The van der Waals surface area contributed by atoms with E-state index in [1.807, 2.05) is 0 Å². The second-order valence-electron chi connectivity index (χ2n) is 19.3. The van der Waals surface area contributed by atoms with Crippen molar-refractivity contribution in [1.29, 1.82) is 0 Å². The lowest BCUT2D eigenvalue weighted by Gasteiger charge is -2.40. The Balaban J connectivity index is 0.00000105. The van der Waals surface area contributed by atoms with E-state index < -0.39 is 210 Å². The van der Waals surface area contributed by atoms with E-state index in [2.05, 4.69) is 0 Å². The fourth-order valence-electron chi connectivity index (χ4n) is 7.43. The van der Waals surface area contributed by atoms with E-state index >= 15 is 0 Å². The third kappa shape index (κ3) is 24.4. The zero-order valence-electron chi connectivity index (χ0n) is 44.7. The Morgan fingerprint density at radius 2 is 0.556 bits per heavy atom. The molecule has 0 aliphatic carbocycles. The van der Waals surface area contributed by atoms with Crippen molar-refractivity contribution < 1.29 is 150 Å². The Morgan fingerprint density at radius 3 is 0.728 bits per heavy atom. The Kier molecular flexibility index (Phi) is 38.8. The van der Waals surface area contributed by atoms with Crippen LogP contribution in [0.4, 0.5) is 0 Å². The van der Waals surface area contributed by atoms with Gasteiger partial charge >= 0.3 is 0 Å². The van der Waals surface area contributed by atoms with Crippen molar-refractivity contribution in [3.8, 4) is 0 Å². The van der Waals surface area contributed by atoms with E-state index in [0.29, 0.717) is 0 Å². The van der Waals surface area contributed by atoms with Gasteiger partial charge in [0.2, 0.25) is 0 Å². The second kappa shape index (κ2) is 39.7. The highest BCUT2D eigenvalue weighted by atomic mass is 16.7. The number of aliphatic hydroxyl groups is 22. The maximum Gasteiger partial charge on any atom is 0.186 e. The van der Waals surface area contributed by atoms with Gasteiger partial charge in [0.1, 0.15) is 97.7 Å². The van der Waals surface area contributed by atoms with Crippen LogP contribution < -0.4 is 22.9 Å². The Morgan fingerprint density at radius 1 is 0.358 bits per heavy atom. The molecule has 0 radical (unpaired) electrons. The lowest BCUT2D eigenvalue weighted by molar-refractivity contribution is -0.302. The SMILES string of the molecule is C.C/C=C/[C@@H](O)[C@@H](N)COC1OC(CO)C(O)C(O)C1O.C/C=C/[C@@H](O)[C@@H](N)COC1OC(CO)C(O)C(O)C1O.C[C@@H](O)[C@@H](O)[C@@H](N)COC1OC(CO)C(O)C(O)C1O.C[C@@H](O)[C@@H](O)[C@@H](N)COC1OC(CO)C(O)C(O)C1O. The lowest BCUT2D eigenvalue weighted by Crippen LogP contribution is -2.59. The van der Waals surface area contributed by atoms with Crippen molar-refractivity contribution in [2.24, 2.45) is 22.9 Å². The molecule has 4 saturated heterocycles. The maximum absolute atomic E-state index is 9.72. The molecule has 0 amide bonds. The van der Waals surface area contributed by atoms with Crippen LogP contribution in [0.15, 0.2) is 24.3 Å². The fourth-order valence-corrected chi connectivity index (χ4v) is 7.43. The summed E-state index contributed by atoms with van der Waals surface area (Å²) in [6.45, 7) is 3.22. The molecular weight excluding hydrogens is 1100 g/mol. The molecule has 0 spiro atoms. The molecule has 4 rings (SSSR count). The first-order valence-electron chi connectivity index (χ1n) is 25.5. The van der Waals surface area contributed by atoms with Crippen molar-refractivity contribution >= 4 is 0 Å². The third-order valence-electron chi connectivity index (χ3n) is 12.7. The van der Waals surface area contributed by atoms with Crippen LogP contribution in [0.3, 0.4) is 0 Å². The predicted octanol–water partition coefficient (Wildman–Crippen LogP) is -13.5. The number of ether oxygens (including phenoxy) is 8. The third-order valence-corrected chi connectivity index (χ3v) is 12.7. The normalized spacial score (nSPS) is 38.2. The summed E-state index contributed by atoms with van der Waals surface area (Å²) in [5.74, 6) is 0. The molecule has 0 aromatic rings. The van der Waals surface area contributed by atoms with E-state index in [9.17, 15) is 81.7 Å². The summed E-state index contributed by atoms with van der Waals surface area (Å²) in [7, 11) is 0. The van der Waals surface area contributed by atoms with Crippen LogP contribution in [0.25, 0.3) is 0 Å². The van der Waals surface area contributed by atoms with Crippen molar-refractivity contribution in [3.63, 3.8) is 0 Å². The molecule has 20 unspecified atom stereocenters. The lowest BCUT2D eigenvalue weighted by atomic mass is 9.99. The van der Waals surface area contributed by atoms with Crippen LogP contribution in [0.5, 0.6) is 0 Å². The van der Waals surface area contributed by atoms with Gasteiger partial charge in [-0.05, 0) is 27.7 Å². The smallest absolute Gasteiger partial charge is 0.186 e. The van der Waals surface area contributed by atoms with Crippen LogP contribution >= 0.6 is 0 Å². The molecular formula is C47H96N4O30. The minimum atomic E-state index is -1.54. The van der Waals surface area contributed by atoms with Gasteiger partial charge in [-0.1, -0.05) is 31.7 Å². The molecule has 30 atom stereocenters. The summed E-state index contributed by atoms with van der Waals surface area (Å²) >= 11 is 0. The first kappa shape index (κ1) is 79.1. The van der Waals surface area contributed by atoms with E-state index in [1.54, 1.807) is 26.0 Å². The van der Waals surface area contributed by atoms with Gasteiger partial charge in [0.25, 0.3) is 0 Å². The quantitative estimate of drug-likeness (QED) is 0.0399. The monoisotopic (exact) mass is 1200 g/mol. The van der Waals surface area contributed by atoms with Crippen LogP contribution in [0.2, 0.25) is 0 Å². The molecule has 0 saturated carbocycles. The average Bonchev–Trinajstić information content (AvgIpc) is 3.43. The summed E-state index contributed by atoms with van der Waals surface area (Å²) in [5.41, 5.74) is 22.5. The number of nitrogens with two attached hydrogens (primary N) is 4. The first-order chi connectivity index (χ1) is 37.4. The Hall–Kier alpha value is -1.88. The maximum atomic E-state index is 9.72. The number of rotatable bonds is 24. The zero-order chi connectivity index (χ0) is 61.5. The van der Waals surface area contributed by atoms with Gasteiger partial charge in [-0.2, -0.15) is 0 Å². The van der Waals surface area contributed by atoms with E-state index in [1.165, 1.54) is 26.0 Å². The van der Waals surface area contributed by atoms with Gasteiger partial charge < -0.3 is 173 Å². The number of allylic oxidation sites excluding steroid dienone is 2. The van der Waals surface area contributed by atoms with Crippen molar-refractivity contribution in [2.45, 2.75) is 219 Å². The van der Waals surface area contributed by atoms with E-state index in [-0.39, 0.29) is 33.9 Å². The highest BCUT2D eigenvalue weighted by molar-refractivity contribution is 4.95. The van der Waals surface area contributed by atoms with Crippen molar-refractivity contribution in [2.75, 3.05) is 52.9 Å². The minimum Gasteiger partial charge on any atom is -0.394 e. The summed E-state index contributed by atoms with van der Waals surface area (Å²) in [4.78, 5) is 0. The molecule has 30 N–H and O–H groups in total. The number of aliphatic hydroxyl groups excluding tert-OH is 22. The van der Waals surface area contributed by atoms with Gasteiger partial charge in [-0.3, -0.25) is 0 Å². The van der Waals surface area contributed by atoms with Gasteiger partial charge in [-0.25, -0.2) is 0 Å². The van der Waals surface area contributed by atoms with Crippen LogP contribution in [0, 0.1) is 0 Å². The highest BCUT2D eigenvalue weighted by Gasteiger charge is 2.48. The van der Waals surface area contributed by atoms with E-state index in [0.717, 1.165) is 0 Å². The molecule has 81 heavy (non-hydrogen) atoms. The van der Waals surface area contributed by atoms with Crippen molar-refractivity contribution in [1.82, 2.24) is 0 Å². The van der Waals surface area contributed by atoms with Crippen LogP contribution in [-0.2, 0) is 37.9 Å². The molecule has 0 bridgehead atoms. The van der Waals surface area contributed by atoms with Crippen molar-refractivity contribution in [3.05, 3.63) is 24.3 Å². The minimum absolute atomic E-state index is 0. The molecule has 4 aliphatic rings. The Labute approximate surface area is 468 Å². The molecule has 4 heterocycles. The molecule has 4 fully saturated rings. The summed E-state index contributed by atoms with van der Waals surface area (Å²) in [6, 6.07) is -3.33. The van der Waals surface area contributed by atoms with E-state index in [4.69, 9.17) is 91.5 Å². The van der Waals surface area contributed by atoms with Crippen LogP contribution in [-0.4, -0.2) is 349 Å². The topological polar surface area (TPSA) is 623 Å². The van der Waals surface area contributed by atoms with Gasteiger partial charge in [-0.15, -0.1) is 0 Å². The van der Waals surface area contributed by atoms with Crippen LogP contribution in [0.1, 0.15) is 35.1 Å². The Bertz CT molecular complexity index is 1550. The average molecular weight is 1200 g/mol. The molecule has 34 nitrogen and oxygen atoms in total. The fraction of sp³-hybridized carbons (Fsp3) is 0.915. The summed E-state index contributed by atoms with van der Waals surface area (Å²) in [5, 5.41) is 208. The summed E-state index contributed by atoms with van der Waals surface area (Å²) < 4.78 is 41.1. The van der Waals surface area contributed by atoms with Gasteiger partial charge in [0, 0.05) is 0 Å². The molecule has 0 aromatic heterocycles. The first-order valence-corrected chi connectivity index (χ1v) is 25.5.